The molecule has 2 aliphatic heterocycles. The summed E-state index contributed by atoms with van der Waals surface area (Å²) in [6, 6.07) is 5.17. The fraction of sp³-hybridized carbons (Fsp3) is 0.688. The second kappa shape index (κ2) is 6.27. The van der Waals surface area contributed by atoms with Gasteiger partial charge in [0.15, 0.2) is 0 Å². The van der Waals surface area contributed by atoms with Gasteiger partial charge in [-0.05, 0) is 50.2 Å². The third-order valence-electron chi connectivity index (χ3n) is 4.79. The molecule has 2 atom stereocenters. The molecule has 0 N–H and O–H groups in total. The fourth-order valence-corrected chi connectivity index (χ4v) is 4.54. The number of rotatable bonds is 4. The molecule has 0 saturated carbocycles. The Balaban J connectivity index is 1.67. The van der Waals surface area contributed by atoms with Crippen LogP contribution in [-0.4, -0.2) is 47.4 Å². The van der Waals surface area contributed by atoms with Gasteiger partial charge in [-0.3, -0.25) is 9.69 Å². The zero-order valence-corrected chi connectivity index (χ0v) is 13.1. The molecule has 3 heterocycles. The molecule has 0 bridgehead atoms. The summed E-state index contributed by atoms with van der Waals surface area (Å²) in [6.07, 6.45) is 5.52. The van der Waals surface area contributed by atoms with E-state index in [9.17, 15) is 4.79 Å². The van der Waals surface area contributed by atoms with Crippen LogP contribution in [0.25, 0.3) is 0 Å². The van der Waals surface area contributed by atoms with Crippen molar-refractivity contribution in [3.05, 3.63) is 22.4 Å². The van der Waals surface area contributed by atoms with Gasteiger partial charge >= 0.3 is 0 Å². The molecule has 20 heavy (non-hydrogen) atoms. The van der Waals surface area contributed by atoms with Gasteiger partial charge < -0.3 is 4.90 Å². The highest BCUT2D eigenvalue weighted by molar-refractivity contribution is 7.10. The van der Waals surface area contributed by atoms with Gasteiger partial charge in [-0.25, -0.2) is 0 Å². The molecule has 1 aromatic rings. The van der Waals surface area contributed by atoms with E-state index in [0.29, 0.717) is 24.4 Å². The average Bonchev–Trinajstić information content (AvgIpc) is 3.18. The van der Waals surface area contributed by atoms with Crippen molar-refractivity contribution in [2.24, 2.45) is 0 Å². The van der Waals surface area contributed by atoms with E-state index >= 15 is 0 Å². The first-order valence-electron chi connectivity index (χ1n) is 7.85. The first-order valence-corrected chi connectivity index (χ1v) is 8.73. The number of nitrogens with zero attached hydrogens (tertiary/aromatic N) is 2. The Hall–Kier alpha value is -0.870. The number of likely N-dealkylation sites (N-methyl/N-ethyl adjacent to an activating group) is 1. The van der Waals surface area contributed by atoms with Crippen molar-refractivity contribution in [2.45, 2.75) is 51.1 Å². The smallest absolute Gasteiger partial charge is 0.228 e. The van der Waals surface area contributed by atoms with Crippen LogP contribution in [0, 0.1) is 0 Å². The van der Waals surface area contributed by atoms with Gasteiger partial charge in [0.25, 0.3) is 0 Å². The van der Waals surface area contributed by atoms with E-state index in [1.807, 2.05) is 6.07 Å². The summed E-state index contributed by atoms with van der Waals surface area (Å²) in [5.41, 5.74) is 0. The van der Waals surface area contributed by atoms with Crippen molar-refractivity contribution in [1.29, 1.82) is 0 Å². The lowest BCUT2D eigenvalue weighted by Crippen LogP contribution is -2.48. The second-order valence-electron chi connectivity index (χ2n) is 5.89. The van der Waals surface area contributed by atoms with Crippen LogP contribution in [0.15, 0.2) is 17.5 Å². The van der Waals surface area contributed by atoms with E-state index in [2.05, 4.69) is 28.2 Å². The van der Waals surface area contributed by atoms with Crippen LogP contribution in [0.1, 0.15) is 37.5 Å². The topological polar surface area (TPSA) is 23.6 Å². The van der Waals surface area contributed by atoms with E-state index < -0.39 is 0 Å². The lowest BCUT2D eigenvalue weighted by Gasteiger charge is -2.34. The minimum Gasteiger partial charge on any atom is -0.338 e. The summed E-state index contributed by atoms with van der Waals surface area (Å²) in [5.74, 6) is 0.331. The van der Waals surface area contributed by atoms with E-state index in [0.717, 1.165) is 13.1 Å². The molecule has 2 fully saturated rings. The van der Waals surface area contributed by atoms with Crippen molar-refractivity contribution in [3.63, 3.8) is 0 Å². The van der Waals surface area contributed by atoms with Crippen LogP contribution in [0.2, 0.25) is 0 Å². The van der Waals surface area contributed by atoms with Crippen LogP contribution < -0.4 is 0 Å². The minimum absolute atomic E-state index is 0.331. The van der Waals surface area contributed by atoms with Crippen LogP contribution in [0.3, 0.4) is 0 Å². The van der Waals surface area contributed by atoms with Crippen LogP contribution in [-0.2, 0) is 11.2 Å². The zero-order valence-electron chi connectivity index (χ0n) is 12.3. The Labute approximate surface area is 125 Å². The maximum Gasteiger partial charge on any atom is 0.228 e. The van der Waals surface area contributed by atoms with Gasteiger partial charge in [0.05, 0.1) is 6.42 Å². The molecule has 110 valence electrons. The highest BCUT2D eigenvalue weighted by atomic mass is 32.1. The van der Waals surface area contributed by atoms with Crippen LogP contribution in [0.5, 0.6) is 0 Å². The van der Waals surface area contributed by atoms with E-state index in [1.165, 1.54) is 37.1 Å². The van der Waals surface area contributed by atoms with E-state index in [-0.39, 0.29) is 0 Å². The normalized spacial score (nSPS) is 27.4. The summed E-state index contributed by atoms with van der Waals surface area (Å²) in [5, 5.41) is 2.06. The molecule has 3 rings (SSSR count). The van der Waals surface area contributed by atoms with E-state index in [4.69, 9.17) is 0 Å². The lowest BCUT2D eigenvalue weighted by molar-refractivity contribution is -0.132. The quantitative estimate of drug-likeness (QED) is 0.852. The van der Waals surface area contributed by atoms with Crippen molar-refractivity contribution < 1.29 is 4.79 Å². The monoisotopic (exact) mass is 292 g/mol. The molecule has 4 heteroatoms. The molecule has 0 aromatic carbocycles. The first kappa shape index (κ1) is 14.1. The molecule has 3 nitrogen and oxygen atoms in total. The molecule has 2 saturated heterocycles. The van der Waals surface area contributed by atoms with E-state index in [1.54, 1.807) is 11.3 Å². The Bertz CT molecular complexity index is 445. The lowest BCUT2D eigenvalue weighted by atomic mass is 10.0. The SMILES string of the molecule is CCN1CCC[C@H]1[C@H]1CCCN1C(=O)Cc1cccs1. The number of thiophene rings is 1. The third kappa shape index (κ3) is 2.77. The predicted molar refractivity (Wildman–Crippen MR) is 83.0 cm³/mol. The summed E-state index contributed by atoms with van der Waals surface area (Å²) >= 11 is 1.69. The molecular weight excluding hydrogens is 268 g/mol. The minimum atomic E-state index is 0.331. The van der Waals surface area contributed by atoms with Crippen LogP contribution >= 0.6 is 11.3 Å². The number of likely N-dealkylation sites (tertiary alicyclic amines) is 2. The number of carbonyl (C=O) groups is 1. The highest BCUT2D eigenvalue weighted by Crippen LogP contribution is 2.30. The molecule has 0 unspecified atom stereocenters. The predicted octanol–water partition coefficient (Wildman–Crippen LogP) is 2.77. The molecule has 1 aromatic heterocycles. The summed E-state index contributed by atoms with van der Waals surface area (Å²) < 4.78 is 0. The Morgan fingerprint density at radius 2 is 2.10 bits per heavy atom. The number of hydrogen-bond donors (Lipinski definition) is 0. The first-order chi connectivity index (χ1) is 9.79. The maximum atomic E-state index is 12.6. The van der Waals surface area contributed by atoms with Crippen molar-refractivity contribution in [3.8, 4) is 0 Å². The summed E-state index contributed by atoms with van der Waals surface area (Å²) in [6.45, 7) is 5.53. The van der Waals surface area contributed by atoms with Gasteiger partial charge in [0.2, 0.25) is 5.91 Å². The van der Waals surface area contributed by atoms with Gasteiger partial charge in [-0.1, -0.05) is 13.0 Å². The number of hydrogen-bond acceptors (Lipinski definition) is 3. The van der Waals surface area contributed by atoms with Gasteiger partial charge in [-0.15, -0.1) is 11.3 Å². The van der Waals surface area contributed by atoms with Gasteiger partial charge in [0.1, 0.15) is 0 Å². The number of amides is 1. The highest BCUT2D eigenvalue weighted by Gasteiger charge is 2.38. The number of carbonyl (C=O) groups excluding carboxylic acids is 1. The van der Waals surface area contributed by atoms with Crippen molar-refractivity contribution >= 4 is 17.2 Å². The molecule has 0 radical (unpaired) electrons. The largest absolute Gasteiger partial charge is 0.338 e. The Kier molecular flexibility index (Phi) is 4.41. The maximum absolute atomic E-state index is 12.6. The van der Waals surface area contributed by atoms with Crippen molar-refractivity contribution in [1.82, 2.24) is 9.80 Å². The average molecular weight is 292 g/mol. The van der Waals surface area contributed by atoms with Gasteiger partial charge in [0, 0.05) is 23.5 Å². The Morgan fingerprint density at radius 1 is 1.30 bits per heavy atom. The molecule has 1 amide bonds. The van der Waals surface area contributed by atoms with Gasteiger partial charge in [-0.2, -0.15) is 0 Å². The second-order valence-corrected chi connectivity index (χ2v) is 6.92. The molecule has 2 aliphatic rings. The zero-order chi connectivity index (χ0) is 13.9. The Morgan fingerprint density at radius 3 is 2.85 bits per heavy atom. The standard InChI is InChI=1S/C16H24N2OS/c1-2-17-9-3-7-14(17)15-8-4-10-18(15)16(19)12-13-6-5-11-20-13/h5-6,11,14-15H,2-4,7-10,12H2,1H3/t14-,15+/m0/s1. The molecule has 0 aliphatic carbocycles. The fourth-order valence-electron chi connectivity index (χ4n) is 3.85. The molecular formula is C16H24N2OS. The third-order valence-corrected chi connectivity index (χ3v) is 5.67. The summed E-state index contributed by atoms with van der Waals surface area (Å²) in [4.78, 5) is 18.5. The van der Waals surface area contributed by atoms with Crippen molar-refractivity contribution in [2.75, 3.05) is 19.6 Å². The van der Waals surface area contributed by atoms with Crippen LogP contribution in [0.4, 0.5) is 0 Å². The summed E-state index contributed by atoms with van der Waals surface area (Å²) in [7, 11) is 0. The molecule has 0 spiro atoms.